The number of hydrogen-bond acceptors (Lipinski definition) is 3. The van der Waals surface area contributed by atoms with E-state index in [0.29, 0.717) is 11.1 Å². The normalized spacial score (nSPS) is 10.6. The molecule has 4 aromatic rings. The van der Waals surface area contributed by atoms with E-state index in [4.69, 9.17) is 0 Å². The number of anilines is 2. The molecule has 0 fully saturated rings. The van der Waals surface area contributed by atoms with Gasteiger partial charge in [0.25, 0.3) is 11.8 Å². The Morgan fingerprint density at radius 3 is 1.81 bits per heavy atom. The maximum Gasteiger partial charge on any atom is 0.290 e. The zero-order valence-electron chi connectivity index (χ0n) is 16.7. The van der Waals surface area contributed by atoms with Crippen LogP contribution in [0.15, 0.2) is 91.5 Å². The summed E-state index contributed by atoms with van der Waals surface area (Å²) >= 11 is 0. The van der Waals surface area contributed by atoms with Crippen LogP contribution in [-0.2, 0) is 22.7 Å². The summed E-state index contributed by atoms with van der Waals surface area (Å²) in [5, 5.41) is 17.7. The maximum atomic E-state index is 12.5. The number of carbonyl (C=O) groups is 2. The highest BCUT2D eigenvalue weighted by atomic mass is 16.3. The van der Waals surface area contributed by atoms with Gasteiger partial charge in [0.1, 0.15) is 5.75 Å². The van der Waals surface area contributed by atoms with Gasteiger partial charge in [-0.1, -0.05) is 30.3 Å². The van der Waals surface area contributed by atoms with Gasteiger partial charge in [-0.05, 0) is 17.5 Å². The van der Waals surface area contributed by atoms with E-state index in [1.54, 1.807) is 58.2 Å². The minimum absolute atomic E-state index is 0.0906. The molecule has 0 saturated carbocycles. The number of nitrogens with zero attached hydrogens (tertiary/aromatic N) is 2. The highest BCUT2D eigenvalue weighted by Crippen LogP contribution is 2.37. The van der Waals surface area contributed by atoms with Crippen LogP contribution in [0.5, 0.6) is 5.75 Å². The van der Waals surface area contributed by atoms with Crippen molar-refractivity contribution < 1.29 is 23.8 Å². The molecule has 0 saturated heterocycles. The molecule has 0 bridgehead atoms. The molecule has 31 heavy (non-hydrogen) atoms. The Balaban J connectivity index is 1.56. The van der Waals surface area contributed by atoms with Crippen molar-refractivity contribution >= 4 is 34.0 Å². The molecule has 0 aliphatic carbocycles. The van der Waals surface area contributed by atoms with Crippen molar-refractivity contribution in [2.24, 2.45) is 0 Å². The predicted octanol–water partition coefficient (Wildman–Crippen LogP) is 2.40. The molecule has 2 aromatic carbocycles. The van der Waals surface area contributed by atoms with E-state index in [1.165, 1.54) is 0 Å². The molecule has 0 aliphatic heterocycles. The number of carbonyl (C=O) groups excluding carboxylic acids is 2. The van der Waals surface area contributed by atoms with E-state index < -0.39 is 0 Å². The summed E-state index contributed by atoms with van der Waals surface area (Å²) < 4.78 is 3.49. The van der Waals surface area contributed by atoms with Crippen molar-refractivity contribution in [1.29, 1.82) is 0 Å². The van der Waals surface area contributed by atoms with Crippen LogP contribution in [0.2, 0.25) is 0 Å². The number of pyridine rings is 2. The maximum absolute atomic E-state index is 12.5. The predicted molar refractivity (Wildman–Crippen MR) is 116 cm³/mol. The molecule has 0 atom stereocenters. The van der Waals surface area contributed by atoms with Crippen LogP contribution >= 0.6 is 0 Å². The third-order valence-corrected chi connectivity index (χ3v) is 4.77. The largest absolute Gasteiger partial charge is 0.505 e. The molecule has 4 rings (SSSR count). The van der Waals surface area contributed by atoms with Crippen LogP contribution in [-0.4, -0.2) is 16.9 Å². The van der Waals surface area contributed by atoms with E-state index in [2.05, 4.69) is 10.6 Å². The first-order valence-corrected chi connectivity index (χ1v) is 9.83. The average Bonchev–Trinajstić information content (AvgIpc) is 2.77. The molecule has 2 heterocycles. The number of amides is 2. The number of phenols is 1. The quantitative estimate of drug-likeness (QED) is 0.335. The number of aromatic hydroxyl groups is 1. The first kappa shape index (κ1) is 20.0. The van der Waals surface area contributed by atoms with Crippen LogP contribution in [0, 0.1) is 0 Å². The Bertz CT molecular complexity index is 1230. The summed E-state index contributed by atoms with van der Waals surface area (Å²) in [4.78, 5) is 24.9. The lowest BCUT2D eigenvalue weighted by atomic mass is 10.1. The van der Waals surface area contributed by atoms with E-state index in [1.807, 2.05) is 42.5 Å². The van der Waals surface area contributed by atoms with Gasteiger partial charge in [-0.3, -0.25) is 9.59 Å². The van der Waals surface area contributed by atoms with Crippen molar-refractivity contribution in [2.75, 3.05) is 10.6 Å². The summed E-state index contributed by atoms with van der Waals surface area (Å²) in [5.74, 6) is -0.585. The Kier molecular flexibility index (Phi) is 5.84. The SMILES string of the molecule is O=C(C[n+]1ccccc1)Nc1ccc2cccc(NC(=O)C[n+]3ccccc3)c2c1O. The fourth-order valence-corrected chi connectivity index (χ4v) is 3.36. The average molecular weight is 414 g/mol. The summed E-state index contributed by atoms with van der Waals surface area (Å²) in [5.41, 5.74) is 0.762. The van der Waals surface area contributed by atoms with Crippen molar-refractivity contribution in [2.45, 2.75) is 13.1 Å². The van der Waals surface area contributed by atoms with Gasteiger partial charge >= 0.3 is 0 Å². The lowest BCUT2D eigenvalue weighted by Gasteiger charge is -2.13. The molecule has 7 nitrogen and oxygen atoms in total. The van der Waals surface area contributed by atoms with E-state index in [9.17, 15) is 14.7 Å². The van der Waals surface area contributed by atoms with Crippen LogP contribution in [0.3, 0.4) is 0 Å². The van der Waals surface area contributed by atoms with E-state index in [-0.39, 0.29) is 36.3 Å². The number of hydrogen-bond donors (Lipinski definition) is 3. The van der Waals surface area contributed by atoms with Crippen molar-refractivity contribution in [3.8, 4) is 5.75 Å². The second-order valence-corrected chi connectivity index (χ2v) is 7.06. The lowest BCUT2D eigenvalue weighted by molar-refractivity contribution is -0.684. The first-order valence-electron chi connectivity index (χ1n) is 9.83. The fourth-order valence-electron chi connectivity index (χ4n) is 3.36. The van der Waals surface area contributed by atoms with E-state index in [0.717, 1.165) is 5.39 Å². The topological polar surface area (TPSA) is 86.2 Å². The number of rotatable bonds is 6. The second-order valence-electron chi connectivity index (χ2n) is 7.06. The minimum Gasteiger partial charge on any atom is -0.505 e. The third-order valence-electron chi connectivity index (χ3n) is 4.77. The summed E-state index contributed by atoms with van der Waals surface area (Å²) in [6.45, 7) is 0.258. The number of benzene rings is 2. The van der Waals surface area contributed by atoms with Gasteiger partial charge < -0.3 is 15.7 Å². The molecule has 7 heteroatoms. The van der Waals surface area contributed by atoms with Gasteiger partial charge in [-0.2, -0.15) is 9.13 Å². The van der Waals surface area contributed by atoms with Gasteiger partial charge in [0.05, 0.1) is 11.4 Å². The molecule has 0 unspecified atom stereocenters. The molecule has 3 N–H and O–H groups in total. The lowest BCUT2D eigenvalue weighted by Crippen LogP contribution is -2.39. The Morgan fingerprint density at radius 1 is 0.677 bits per heavy atom. The number of aromatic nitrogens is 2. The summed E-state index contributed by atoms with van der Waals surface area (Å²) in [7, 11) is 0. The van der Waals surface area contributed by atoms with Gasteiger partial charge in [0, 0.05) is 29.7 Å². The van der Waals surface area contributed by atoms with Crippen molar-refractivity contribution in [3.05, 3.63) is 91.5 Å². The van der Waals surface area contributed by atoms with Gasteiger partial charge in [0.2, 0.25) is 13.1 Å². The molecular weight excluding hydrogens is 392 g/mol. The smallest absolute Gasteiger partial charge is 0.290 e. The Labute approximate surface area is 179 Å². The minimum atomic E-state index is -0.271. The summed E-state index contributed by atoms with van der Waals surface area (Å²) in [6.07, 6.45) is 7.19. The highest BCUT2D eigenvalue weighted by Gasteiger charge is 2.17. The zero-order valence-corrected chi connectivity index (χ0v) is 16.7. The zero-order chi connectivity index (χ0) is 21.6. The van der Waals surface area contributed by atoms with Crippen molar-refractivity contribution in [1.82, 2.24) is 0 Å². The third kappa shape index (κ3) is 4.84. The van der Waals surface area contributed by atoms with Gasteiger partial charge in [-0.15, -0.1) is 0 Å². The second kappa shape index (κ2) is 9.04. The Hall–Kier alpha value is -4.26. The fraction of sp³-hybridized carbons (Fsp3) is 0.0833. The Morgan fingerprint density at radius 2 is 1.23 bits per heavy atom. The monoisotopic (exact) mass is 414 g/mol. The molecule has 2 amide bonds. The molecule has 154 valence electrons. The molecule has 0 radical (unpaired) electrons. The van der Waals surface area contributed by atoms with Crippen LogP contribution in [0.1, 0.15) is 0 Å². The molecule has 0 aliphatic rings. The standard InChI is InChI=1S/C24H20N4O3/c29-21(16-27-12-3-1-4-13-27)25-19-9-7-8-18-10-11-20(24(31)23(18)19)26-22(30)17-28-14-5-2-6-15-28/h1-15H,16-17H2,(H-2,25,26,29,30,31)/p+2. The summed E-state index contributed by atoms with van der Waals surface area (Å²) in [6, 6.07) is 19.9. The number of fused-ring (bicyclic) bond motifs is 1. The molecule has 0 spiro atoms. The highest BCUT2D eigenvalue weighted by molar-refractivity contribution is 6.08. The first-order chi connectivity index (χ1) is 15.1. The van der Waals surface area contributed by atoms with Crippen molar-refractivity contribution in [3.63, 3.8) is 0 Å². The van der Waals surface area contributed by atoms with Gasteiger partial charge in [-0.25, -0.2) is 0 Å². The number of phenolic OH excluding ortho intramolecular Hbond substituents is 1. The van der Waals surface area contributed by atoms with Crippen LogP contribution in [0.4, 0.5) is 11.4 Å². The molecule has 2 aromatic heterocycles. The number of nitrogens with one attached hydrogen (secondary N) is 2. The molecular formula is C24H22N4O3+2. The van der Waals surface area contributed by atoms with Crippen LogP contribution in [0.25, 0.3) is 10.8 Å². The van der Waals surface area contributed by atoms with Gasteiger partial charge in [0.15, 0.2) is 24.8 Å². The van der Waals surface area contributed by atoms with E-state index >= 15 is 0 Å². The van der Waals surface area contributed by atoms with Crippen LogP contribution < -0.4 is 19.8 Å².